The van der Waals surface area contributed by atoms with Gasteiger partial charge >= 0.3 is 0 Å². The molecule has 0 aliphatic rings. The molecular weight excluding hydrogens is 205 g/mol. The fourth-order valence-electron chi connectivity index (χ4n) is 1.62. The summed E-state index contributed by atoms with van der Waals surface area (Å²) >= 11 is 0. The van der Waals surface area contributed by atoms with E-state index in [0.29, 0.717) is 17.9 Å². The Morgan fingerprint density at radius 2 is 2.12 bits per heavy atom. The van der Waals surface area contributed by atoms with E-state index in [1.807, 2.05) is 0 Å². The van der Waals surface area contributed by atoms with E-state index in [1.54, 1.807) is 19.1 Å². The van der Waals surface area contributed by atoms with Crippen LogP contribution < -0.4 is 10.5 Å². The topological polar surface area (TPSA) is 35.2 Å². The van der Waals surface area contributed by atoms with Gasteiger partial charge in [-0.1, -0.05) is 25.8 Å². The van der Waals surface area contributed by atoms with E-state index in [2.05, 4.69) is 6.92 Å². The maximum Gasteiger partial charge on any atom is 0.131 e. The summed E-state index contributed by atoms with van der Waals surface area (Å²) in [5, 5.41) is 0. The normalized spacial score (nSPS) is 12.5. The van der Waals surface area contributed by atoms with E-state index in [9.17, 15) is 4.39 Å². The number of benzene rings is 1. The SMILES string of the molecule is CCCCCOc1cccc(F)c1[C@@H](C)N. The van der Waals surface area contributed by atoms with Gasteiger partial charge in [0.15, 0.2) is 0 Å². The number of ether oxygens (including phenoxy) is 1. The summed E-state index contributed by atoms with van der Waals surface area (Å²) in [6.45, 7) is 4.52. The van der Waals surface area contributed by atoms with Gasteiger partial charge in [-0.2, -0.15) is 0 Å². The lowest BCUT2D eigenvalue weighted by molar-refractivity contribution is 0.299. The van der Waals surface area contributed by atoms with Gasteiger partial charge in [-0.05, 0) is 25.5 Å². The lowest BCUT2D eigenvalue weighted by atomic mass is 10.1. The van der Waals surface area contributed by atoms with Crippen molar-refractivity contribution in [2.75, 3.05) is 6.61 Å². The van der Waals surface area contributed by atoms with Crippen LogP contribution in [0.3, 0.4) is 0 Å². The molecule has 0 heterocycles. The smallest absolute Gasteiger partial charge is 0.131 e. The zero-order chi connectivity index (χ0) is 12.0. The molecule has 0 aliphatic carbocycles. The van der Waals surface area contributed by atoms with Crippen LogP contribution in [0.2, 0.25) is 0 Å². The molecule has 0 spiro atoms. The van der Waals surface area contributed by atoms with Crippen molar-refractivity contribution in [3.8, 4) is 5.75 Å². The van der Waals surface area contributed by atoms with Crippen molar-refractivity contribution in [1.29, 1.82) is 0 Å². The van der Waals surface area contributed by atoms with Gasteiger partial charge in [0, 0.05) is 11.6 Å². The number of halogens is 1. The first kappa shape index (κ1) is 13.0. The Labute approximate surface area is 96.6 Å². The van der Waals surface area contributed by atoms with E-state index >= 15 is 0 Å². The molecule has 2 nitrogen and oxygen atoms in total. The van der Waals surface area contributed by atoms with Crippen LogP contribution in [0.25, 0.3) is 0 Å². The van der Waals surface area contributed by atoms with Crippen LogP contribution >= 0.6 is 0 Å². The molecule has 0 unspecified atom stereocenters. The summed E-state index contributed by atoms with van der Waals surface area (Å²) in [7, 11) is 0. The van der Waals surface area contributed by atoms with Gasteiger partial charge in [0.1, 0.15) is 11.6 Å². The van der Waals surface area contributed by atoms with Crippen molar-refractivity contribution < 1.29 is 9.13 Å². The number of unbranched alkanes of at least 4 members (excludes halogenated alkanes) is 2. The van der Waals surface area contributed by atoms with E-state index in [1.165, 1.54) is 6.07 Å². The van der Waals surface area contributed by atoms with Gasteiger partial charge in [-0.3, -0.25) is 0 Å². The Hall–Kier alpha value is -1.09. The highest BCUT2D eigenvalue weighted by Gasteiger charge is 2.13. The fraction of sp³-hybridized carbons (Fsp3) is 0.538. The Bertz CT molecular complexity index is 326. The molecule has 1 aromatic rings. The quantitative estimate of drug-likeness (QED) is 0.753. The fourth-order valence-corrected chi connectivity index (χ4v) is 1.62. The summed E-state index contributed by atoms with van der Waals surface area (Å²) in [6, 6.07) is 4.49. The molecule has 1 atom stereocenters. The number of nitrogens with two attached hydrogens (primary N) is 1. The Morgan fingerprint density at radius 1 is 1.38 bits per heavy atom. The molecule has 0 fully saturated rings. The molecule has 90 valence electrons. The maximum atomic E-state index is 13.5. The second-order valence-electron chi connectivity index (χ2n) is 4.00. The van der Waals surface area contributed by atoms with Crippen molar-refractivity contribution in [2.24, 2.45) is 5.73 Å². The molecule has 0 aliphatic heterocycles. The summed E-state index contributed by atoms with van der Waals surface area (Å²) in [5.41, 5.74) is 6.20. The first-order valence-electron chi connectivity index (χ1n) is 5.83. The van der Waals surface area contributed by atoms with Crippen molar-refractivity contribution in [1.82, 2.24) is 0 Å². The van der Waals surface area contributed by atoms with Crippen LogP contribution in [0, 0.1) is 5.82 Å². The predicted octanol–water partition coefficient (Wildman–Crippen LogP) is 3.41. The monoisotopic (exact) mass is 225 g/mol. The second-order valence-corrected chi connectivity index (χ2v) is 4.00. The minimum absolute atomic E-state index is 0.289. The van der Waals surface area contributed by atoms with Gasteiger partial charge in [0.25, 0.3) is 0 Å². The molecule has 2 N–H and O–H groups in total. The van der Waals surface area contributed by atoms with Crippen LogP contribution in [0.15, 0.2) is 18.2 Å². The Kier molecular flexibility index (Phi) is 5.26. The zero-order valence-electron chi connectivity index (χ0n) is 10.0. The van der Waals surface area contributed by atoms with Crippen molar-refractivity contribution in [2.45, 2.75) is 39.2 Å². The van der Waals surface area contributed by atoms with Crippen LogP contribution in [-0.4, -0.2) is 6.61 Å². The molecule has 0 amide bonds. The molecule has 16 heavy (non-hydrogen) atoms. The maximum absolute atomic E-state index is 13.5. The summed E-state index contributed by atoms with van der Waals surface area (Å²) in [4.78, 5) is 0. The highest BCUT2D eigenvalue weighted by atomic mass is 19.1. The number of hydrogen-bond acceptors (Lipinski definition) is 2. The molecule has 1 rings (SSSR count). The molecule has 3 heteroatoms. The van der Waals surface area contributed by atoms with Crippen molar-refractivity contribution in [3.05, 3.63) is 29.6 Å². The lowest BCUT2D eigenvalue weighted by Crippen LogP contribution is -2.10. The molecule has 0 aromatic heterocycles. The number of hydrogen-bond donors (Lipinski definition) is 1. The Balaban J connectivity index is 2.67. The highest BCUT2D eigenvalue weighted by Crippen LogP contribution is 2.26. The van der Waals surface area contributed by atoms with E-state index < -0.39 is 0 Å². The molecule has 0 saturated carbocycles. The largest absolute Gasteiger partial charge is 0.493 e. The summed E-state index contributed by atoms with van der Waals surface area (Å²) in [6.07, 6.45) is 3.26. The van der Waals surface area contributed by atoms with Gasteiger partial charge in [-0.25, -0.2) is 4.39 Å². The van der Waals surface area contributed by atoms with Gasteiger partial charge in [0.05, 0.1) is 6.61 Å². The third kappa shape index (κ3) is 3.49. The summed E-state index contributed by atoms with van der Waals surface area (Å²) in [5.74, 6) is 0.286. The van der Waals surface area contributed by atoms with Gasteiger partial charge in [0.2, 0.25) is 0 Å². The standard InChI is InChI=1S/C13H20FNO/c1-3-4-5-9-16-12-8-6-7-11(14)13(12)10(2)15/h6-8,10H,3-5,9,15H2,1-2H3/t10-/m1/s1. The summed E-state index contributed by atoms with van der Waals surface area (Å²) < 4.78 is 19.1. The van der Waals surface area contributed by atoms with Crippen LogP contribution in [-0.2, 0) is 0 Å². The van der Waals surface area contributed by atoms with E-state index in [0.717, 1.165) is 19.3 Å². The first-order chi connectivity index (χ1) is 7.66. The first-order valence-corrected chi connectivity index (χ1v) is 5.83. The van der Waals surface area contributed by atoms with Gasteiger partial charge in [-0.15, -0.1) is 0 Å². The van der Waals surface area contributed by atoms with Crippen LogP contribution in [0.5, 0.6) is 5.75 Å². The zero-order valence-corrected chi connectivity index (χ0v) is 10.0. The average Bonchev–Trinajstić information content (AvgIpc) is 2.24. The number of rotatable bonds is 6. The highest BCUT2D eigenvalue weighted by molar-refractivity contribution is 5.36. The van der Waals surface area contributed by atoms with Crippen LogP contribution in [0.1, 0.15) is 44.7 Å². The van der Waals surface area contributed by atoms with E-state index in [-0.39, 0.29) is 11.9 Å². The Morgan fingerprint density at radius 3 is 2.75 bits per heavy atom. The third-order valence-electron chi connectivity index (χ3n) is 2.47. The van der Waals surface area contributed by atoms with Crippen molar-refractivity contribution in [3.63, 3.8) is 0 Å². The van der Waals surface area contributed by atoms with E-state index in [4.69, 9.17) is 10.5 Å². The second kappa shape index (κ2) is 6.48. The average molecular weight is 225 g/mol. The van der Waals surface area contributed by atoms with Crippen molar-refractivity contribution >= 4 is 0 Å². The predicted molar refractivity (Wildman–Crippen MR) is 64.0 cm³/mol. The third-order valence-corrected chi connectivity index (χ3v) is 2.47. The van der Waals surface area contributed by atoms with Crippen LogP contribution in [0.4, 0.5) is 4.39 Å². The minimum atomic E-state index is -0.345. The molecule has 0 bridgehead atoms. The molecule has 0 saturated heterocycles. The molecular formula is C13H20FNO. The van der Waals surface area contributed by atoms with Gasteiger partial charge < -0.3 is 10.5 Å². The molecule has 1 aromatic carbocycles. The molecule has 0 radical (unpaired) electrons. The minimum Gasteiger partial charge on any atom is -0.493 e. The lowest BCUT2D eigenvalue weighted by Gasteiger charge is -2.14.